The summed E-state index contributed by atoms with van der Waals surface area (Å²) in [6.45, 7) is 0. The molecule has 5 nitrogen and oxygen atoms in total. The lowest BCUT2D eigenvalue weighted by molar-refractivity contribution is -0.123. The van der Waals surface area contributed by atoms with E-state index in [4.69, 9.17) is 0 Å². The van der Waals surface area contributed by atoms with Gasteiger partial charge in [0.25, 0.3) is 5.91 Å². The molecule has 2 aromatic rings. The molecule has 3 N–H and O–H groups in total. The van der Waals surface area contributed by atoms with Gasteiger partial charge in [0, 0.05) is 15.6 Å². The van der Waals surface area contributed by atoms with Gasteiger partial charge in [-0.15, -0.1) is 0 Å². The van der Waals surface area contributed by atoms with Crippen molar-refractivity contribution < 1.29 is 23.5 Å². The maximum absolute atomic E-state index is 13.7. The molecule has 1 aliphatic rings. The number of phenols is 1. The molecule has 2 aromatic carbocycles. The van der Waals surface area contributed by atoms with Crippen molar-refractivity contribution >= 4 is 27.9 Å². The number of hydrogen-bond acceptors (Lipinski definition) is 3. The summed E-state index contributed by atoms with van der Waals surface area (Å²) in [4.78, 5) is 24.1. The lowest BCUT2D eigenvalue weighted by atomic mass is 9.82. The maximum Gasteiger partial charge on any atom is 0.322 e. The molecule has 3 amide bonds. The fourth-order valence-corrected chi connectivity index (χ4v) is 3.12. The molecule has 0 aromatic heterocycles. The number of nitrogens with one attached hydrogen (secondary N) is 2. The Hall–Kier alpha value is -2.48. The first kappa shape index (κ1) is 15.4. The topological polar surface area (TPSA) is 78.4 Å². The molecule has 0 radical (unpaired) electrons. The standard InChI is InChI=1S/C15H9BrF2N2O3/c16-11-3-1-7(17)5-9(11)15(13(22)19-14(23)20-15)10-6-8(18)2-4-12(10)21/h1-6,21H,(H2,19,20,22,23). The van der Waals surface area contributed by atoms with Crippen molar-refractivity contribution in [3.63, 3.8) is 0 Å². The summed E-state index contributed by atoms with van der Waals surface area (Å²) in [5.41, 5.74) is -2.13. The number of carbonyl (C=O) groups excluding carboxylic acids is 2. The Bertz CT molecular complexity index is 790. The van der Waals surface area contributed by atoms with Crippen LogP contribution in [0, 0.1) is 11.6 Å². The Morgan fingerprint density at radius 1 is 1.00 bits per heavy atom. The SMILES string of the molecule is O=C1NC(=O)C(c2cc(F)ccc2O)(c2cc(F)ccc2Br)N1. The van der Waals surface area contributed by atoms with Crippen LogP contribution in [-0.4, -0.2) is 17.0 Å². The van der Waals surface area contributed by atoms with E-state index in [-0.39, 0.29) is 11.1 Å². The number of benzene rings is 2. The van der Waals surface area contributed by atoms with Crippen LogP contribution >= 0.6 is 15.9 Å². The number of amides is 3. The number of urea groups is 1. The molecule has 118 valence electrons. The zero-order valence-electron chi connectivity index (χ0n) is 11.4. The Morgan fingerprint density at radius 3 is 2.22 bits per heavy atom. The van der Waals surface area contributed by atoms with Crippen LogP contribution < -0.4 is 10.6 Å². The van der Waals surface area contributed by atoms with E-state index in [0.29, 0.717) is 4.47 Å². The van der Waals surface area contributed by atoms with Crippen molar-refractivity contribution in [1.29, 1.82) is 0 Å². The van der Waals surface area contributed by atoms with Gasteiger partial charge in [0.05, 0.1) is 0 Å². The molecular formula is C15H9BrF2N2O3. The first-order valence-electron chi connectivity index (χ1n) is 6.42. The van der Waals surface area contributed by atoms with E-state index in [0.717, 1.165) is 30.3 Å². The number of carbonyl (C=O) groups is 2. The number of halogens is 3. The van der Waals surface area contributed by atoms with Crippen LogP contribution in [0.2, 0.25) is 0 Å². The monoisotopic (exact) mass is 382 g/mol. The minimum atomic E-state index is -1.95. The minimum Gasteiger partial charge on any atom is -0.508 e. The molecule has 0 bridgehead atoms. The summed E-state index contributed by atoms with van der Waals surface area (Å²) in [5.74, 6) is -2.65. The van der Waals surface area contributed by atoms with E-state index in [1.807, 2.05) is 5.32 Å². The largest absolute Gasteiger partial charge is 0.508 e. The molecule has 1 aliphatic heterocycles. The van der Waals surface area contributed by atoms with Gasteiger partial charge in [-0.25, -0.2) is 13.6 Å². The van der Waals surface area contributed by atoms with Gasteiger partial charge < -0.3 is 10.4 Å². The molecule has 1 heterocycles. The van der Waals surface area contributed by atoms with Gasteiger partial charge in [-0.1, -0.05) is 15.9 Å². The number of rotatable bonds is 2. The Kier molecular flexibility index (Phi) is 3.56. The summed E-state index contributed by atoms with van der Waals surface area (Å²) in [6, 6.07) is 5.66. The zero-order valence-corrected chi connectivity index (χ0v) is 12.9. The van der Waals surface area contributed by atoms with E-state index >= 15 is 0 Å². The molecule has 1 fully saturated rings. The van der Waals surface area contributed by atoms with Gasteiger partial charge in [0.15, 0.2) is 5.54 Å². The molecule has 8 heteroatoms. The third-order valence-corrected chi connectivity index (χ3v) is 4.26. The summed E-state index contributed by atoms with van der Waals surface area (Å²) in [6.07, 6.45) is 0. The molecular weight excluding hydrogens is 374 g/mol. The summed E-state index contributed by atoms with van der Waals surface area (Å²) in [7, 11) is 0. The molecule has 3 rings (SSSR count). The molecule has 1 atom stereocenters. The van der Waals surface area contributed by atoms with Crippen molar-refractivity contribution in [2.24, 2.45) is 0 Å². The molecule has 1 unspecified atom stereocenters. The van der Waals surface area contributed by atoms with Crippen LogP contribution in [0.1, 0.15) is 11.1 Å². The second-order valence-electron chi connectivity index (χ2n) is 4.94. The Morgan fingerprint density at radius 2 is 1.61 bits per heavy atom. The average molecular weight is 383 g/mol. The van der Waals surface area contributed by atoms with Crippen LogP contribution in [-0.2, 0) is 10.3 Å². The highest BCUT2D eigenvalue weighted by atomic mass is 79.9. The third kappa shape index (κ3) is 2.35. The van der Waals surface area contributed by atoms with Crippen molar-refractivity contribution in [1.82, 2.24) is 10.6 Å². The summed E-state index contributed by atoms with van der Waals surface area (Å²) < 4.78 is 27.6. The normalized spacial score (nSPS) is 20.3. The van der Waals surface area contributed by atoms with Crippen LogP contribution in [0.4, 0.5) is 13.6 Å². The van der Waals surface area contributed by atoms with Crippen molar-refractivity contribution in [3.8, 4) is 5.75 Å². The predicted molar refractivity (Wildman–Crippen MR) is 79.6 cm³/mol. The van der Waals surface area contributed by atoms with Gasteiger partial charge in [-0.3, -0.25) is 10.1 Å². The number of imide groups is 1. The third-order valence-electron chi connectivity index (χ3n) is 3.56. The minimum absolute atomic E-state index is 0.0294. The van der Waals surface area contributed by atoms with Gasteiger partial charge in [-0.05, 0) is 36.4 Å². The second kappa shape index (κ2) is 5.31. The van der Waals surface area contributed by atoms with E-state index in [9.17, 15) is 23.5 Å². The number of hydrogen-bond donors (Lipinski definition) is 3. The fraction of sp³-hybridized carbons (Fsp3) is 0.0667. The lowest BCUT2D eigenvalue weighted by Crippen LogP contribution is -2.45. The molecule has 0 aliphatic carbocycles. The first-order chi connectivity index (χ1) is 10.8. The van der Waals surface area contributed by atoms with E-state index in [1.165, 1.54) is 6.07 Å². The quantitative estimate of drug-likeness (QED) is 0.698. The van der Waals surface area contributed by atoms with Crippen molar-refractivity contribution in [2.75, 3.05) is 0 Å². The van der Waals surface area contributed by atoms with E-state index in [2.05, 4.69) is 21.2 Å². The van der Waals surface area contributed by atoms with Crippen LogP contribution in [0.15, 0.2) is 40.9 Å². The highest BCUT2D eigenvalue weighted by molar-refractivity contribution is 9.10. The summed E-state index contributed by atoms with van der Waals surface area (Å²) >= 11 is 3.19. The van der Waals surface area contributed by atoms with Gasteiger partial charge in [-0.2, -0.15) is 0 Å². The van der Waals surface area contributed by atoms with Crippen LogP contribution in [0.25, 0.3) is 0 Å². The molecule has 0 spiro atoms. The molecule has 1 saturated heterocycles. The van der Waals surface area contributed by atoms with Crippen molar-refractivity contribution in [3.05, 3.63) is 63.6 Å². The fourth-order valence-electron chi connectivity index (χ4n) is 2.57. The summed E-state index contributed by atoms with van der Waals surface area (Å²) in [5, 5.41) is 14.5. The van der Waals surface area contributed by atoms with Gasteiger partial charge in [0.2, 0.25) is 0 Å². The smallest absolute Gasteiger partial charge is 0.322 e. The van der Waals surface area contributed by atoms with Gasteiger partial charge >= 0.3 is 6.03 Å². The predicted octanol–water partition coefficient (Wildman–Crippen LogP) is 2.52. The van der Waals surface area contributed by atoms with Crippen LogP contribution in [0.3, 0.4) is 0 Å². The lowest BCUT2D eigenvalue weighted by Gasteiger charge is -2.28. The molecule has 0 saturated carbocycles. The van der Waals surface area contributed by atoms with Crippen molar-refractivity contribution in [2.45, 2.75) is 5.54 Å². The highest BCUT2D eigenvalue weighted by Crippen LogP contribution is 2.41. The van der Waals surface area contributed by atoms with Gasteiger partial charge in [0.1, 0.15) is 17.4 Å². The first-order valence-corrected chi connectivity index (χ1v) is 7.22. The van der Waals surface area contributed by atoms with Crippen LogP contribution in [0.5, 0.6) is 5.75 Å². The van der Waals surface area contributed by atoms with E-state index < -0.39 is 34.9 Å². The maximum atomic E-state index is 13.7. The molecule has 23 heavy (non-hydrogen) atoms. The Labute approximate surface area is 137 Å². The highest BCUT2D eigenvalue weighted by Gasteiger charge is 2.52. The second-order valence-corrected chi connectivity index (χ2v) is 5.80. The number of aromatic hydroxyl groups is 1. The zero-order chi connectivity index (χ0) is 16.8. The van der Waals surface area contributed by atoms with E-state index in [1.54, 1.807) is 0 Å². The average Bonchev–Trinajstić information content (AvgIpc) is 2.79. The Balaban J connectivity index is 2.37. The number of phenolic OH excluding ortho intramolecular Hbond substituents is 1.